The Hall–Kier alpha value is -2.47. The van der Waals surface area contributed by atoms with Crippen LogP contribution in [0.5, 0.6) is 0 Å². The molecule has 0 unspecified atom stereocenters. The zero-order valence-corrected chi connectivity index (χ0v) is 12.8. The first-order valence-corrected chi connectivity index (χ1v) is 7.67. The maximum Gasteiger partial charge on any atom is 0.254 e. The van der Waals surface area contributed by atoms with Crippen molar-refractivity contribution < 1.29 is 4.39 Å². The fourth-order valence-electron chi connectivity index (χ4n) is 3.28. The topological polar surface area (TPSA) is 64.8 Å². The first-order valence-electron chi connectivity index (χ1n) is 7.67. The SMILES string of the molecule is Cc1nc2c(c(=O)[nH]1)CCN(Cc1c[nH]c3ccc(F)cc13)C2. The Morgan fingerprint density at radius 2 is 2.26 bits per heavy atom. The van der Waals surface area contributed by atoms with Gasteiger partial charge in [0.05, 0.1) is 5.69 Å². The van der Waals surface area contributed by atoms with Gasteiger partial charge in [-0.2, -0.15) is 0 Å². The fourth-order valence-corrected chi connectivity index (χ4v) is 3.28. The molecule has 0 atom stereocenters. The number of fused-ring (bicyclic) bond motifs is 2. The maximum absolute atomic E-state index is 13.5. The number of H-pyrrole nitrogens is 2. The molecule has 0 radical (unpaired) electrons. The summed E-state index contributed by atoms with van der Waals surface area (Å²) >= 11 is 0. The van der Waals surface area contributed by atoms with Gasteiger partial charge in [-0.15, -0.1) is 0 Å². The Labute approximate surface area is 132 Å². The van der Waals surface area contributed by atoms with Gasteiger partial charge in [0, 0.05) is 42.3 Å². The minimum atomic E-state index is -0.230. The first-order chi connectivity index (χ1) is 11.1. The predicted molar refractivity (Wildman–Crippen MR) is 85.7 cm³/mol. The number of aromatic amines is 2. The van der Waals surface area contributed by atoms with E-state index in [-0.39, 0.29) is 11.4 Å². The van der Waals surface area contributed by atoms with E-state index in [2.05, 4.69) is 19.9 Å². The van der Waals surface area contributed by atoms with Gasteiger partial charge in [-0.3, -0.25) is 9.69 Å². The van der Waals surface area contributed by atoms with Gasteiger partial charge in [0.2, 0.25) is 0 Å². The minimum absolute atomic E-state index is 0.0266. The number of aryl methyl sites for hydroxylation is 1. The molecule has 2 aromatic heterocycles. The van der Waals surface area contributed by atoms with E-state index in [0.717, 1.165) is 34.3 Å². The highest BCUT2D eigenvalue weighted by molar-refractivity contribution is 5.83. The second-order valence-electron chi connectivity index (χ2n) is 6.04. The molecule has 5 nitrogen and oxygen atoms in total. The van der Waals surface area contributed by atoms with Crippen molar-refractivity contribution in [2.75, 3.05) is 6.54 Å². The quantitative estimate of drug-likeness (QED) is 0.763. The van der Waals surface area contributed by atoms with Crippen LogP contribution >= 0.6 is 0 Å². The number of rotatable bonds is 2. The van der Waals surface area contributed by atoms with Crippen LogP contribution in [0.3, 0.4) is 0 Å². The highest BCUT2D eigenvalue weighted by atomic mass is 19.1. The van der Waals surface area contributed by atoms with Crippen LogP contribution in [0.15, 0.2) is 29.2 Å². The second-order valence-corrected chi connectivity index (χ2v) is 6.04. The van der Waals surface area contributed by atoms with Crippen molar-refractivity contribution >= 4 is 10.9 Å². The maximum atomic E-state index is 13.5. The molecule has 1 aliphatic heterocycles. The van der Waals surface area contributed by atoms with Crippen LogP contribution in [0.1, 0.15) is 22.6 Å². The van der Waals surface area contributed by atoms with E-state index in [1.54, 1.807) is 19.1 Å². The molecular weight excluding hydrogens is 295 g/mol. The van der Waals surface area contributed by atoms with Gasteiger partial charge < -0.3 is 9.97 Å². The van der Waals surface area contributed by atoms with E-state index in [0.29, 0.717) is 25.3 Å². The molecule has 3 heterocycles. The van der Waals surface area contributed by atoms with Crippen molar-refractivity contribution in [2.45, 2.75) is 26.4 Å². The summed E-state index contributed by atoms with van der Waals surface area (Å²) in [4.78, 5) is 24.6. The van der Waals surface area contributed by atoms with E-state index in [9.17, 15) is 9.18 Å². The number of nitrogens with one attached hydrogen (secondary N) is 2. The zero-order valence-electron chi connectivity index (χ0n) is 12.8. The molecule has 0 fully saturated rings. The molecule has 4 rings (SSSR count). The molecule has 0 saturated heterocycles. The predicted octanol–water partition coefficient (Wildman–Crippen LogP) is 2.26. The van der Waals surface area contributed by atoms with Crippen LogP contribution in [0.25, 0.3) is 10.9 Å². The van der Waals surface area contributed by atoms with Crippen LogP contribution in [0.2, 0.25) is 0 Å². The molecule has 118 valence electrons. The Balaban J connectivity index is 1.62. The number of benzene rings is 1. The lowest BCUT2D eigenvalue weighted by molar-refractivity contribution is 0.241. The van der Waals surface area contributed by atoms with Crippen LogP contribution in [0.4, 0.5) is 4.39 Å². The van der Waals surface area contributed by atoms with Crippen LogP contribution in [-0.2, 0) is 19.5 Å². The molecule has 23 heavy (non-hydrogen) atoms. The van der Waals surface area contributed by atoms with E-state index in [1.165, 1.54) is 6.07 Å². The Morgan fingerprint density at radius 3 is 3.13 bits per heavy atom. The van der Waals surface area contributed by atoms with Gasteiger partial charge >= 0.3 is 0 Å². The molecule has 0 spiro atoms. The minimum Gasteiger partial charge on any atom is -0.361 e. The van der Waals surface area contributed by atoms with Crippen molar-refractivity contribution in [3.63, 3.8) is 0 Å². The third-order valence-corrected chi connectivity index (χ3v) is 4.39. The average Bonchev–Trinajstić information content (AvgIpc) is 2.89. The Morgan fingerprint density at radius 1 is 1.39 bits per heavy atom. The van der Waals surface area contributed by atoms with E-state index >= 15 is 0 Å². The molecule has 0 aliphatic carbocycles. The third-order valence-electron chi connectivity index (χ3n) is 4.39. The summed E-state index contributed by atoms with van der Waals surface area (Å²) in [6, 6.07) is 4.77. The summed E-state index contributed by atoms with van der Waals surface area (Å²) < 4.78 is 13.5. The third kappa shape index (κ3) is 2.55. The Bertz CT molecular complexity index is 943. The van der Waals surface area contributed by atoms with Crippen LogP contribution in [-0.4, -0.2) is 26.4 Å². The summed E-state index contributed by atoms with van der Waals surface area (Å²) in [5.74, 6) is 0.413. The Kier molecular flexibility index (Phi) is 3.27. The average molecular weight is 312 g/mol. The monoisotopic (exact) mass is 312 g/mol. The molecule has 1 aromatic carbocycles. The summed E-state index contributed by atoms with van der Waals surface area (Å²) in [5, 5.41) is 0.908. The summed E-state index contributed by atoms with van der Waals surface area (Å²) in [6.45, 7) is 3.93. The van der Waals surface area contributed by atoms with Crippen molar-refractivity contribution in [3.8, 4) is 0 Å². The lowest BCUT2D eigenvalue weighted by Gasteiger charge is -2.27. The van der Waals surface area contributed by atoms with Gasteiger partial charge in [0.25, 0.3) is 5.56 Å². The molecule has 0 bridgehead atoms. The van der Waals surface area contributed by atoms with Gasteiger partial charge in [-0.25, -0.2) is 9.37 Å². The first kappa shape index (κ1) is 14.1. The molecule has 3 aromatic rings. The molecule has 1 aliphatic rings. The zero-order chi connectivity index (χ0) is 16.0. The summed E-state index contributed by atoms with van der Waals surface area (Å²) in [5.41, 5.74) is 3.61. The number of aromatic nitrogens is 3. The highest BCUT2D eigenvalue weighted by Gasteiger charge is 2.21. The van der Waals surface area contributed by atoms with E-state index in [1.807, 2.05) is 6.20 Å². The number of nitrogens with zero attached hydrogens (tertiary/aromatic N) is 2. The van der Waals surface area contributed by atoms with Crippen molar-refractivity contribution in [2.24, 2.45) is 0 Å². The van der Waals surface area contributed by atoms with Crippen molar-refractivity contribution in [1.29, 1.82) is 0 Å². The number of halogens is 1. The standard InChI is InChI=1S/C17H17FN4O/c1-10-20-16-9-22(5-4-13(16)17(23)21-10)8-11-7-19-15-3-2-12(18)6-14(11)15/h2-3,6-7,19H,4-5,8-9H2,1H3,(H,20,21,23). The van der Waals surface area contributed by atoms with Crippen molar-refractivity contribution in [1.82, 2.24) is 19.9 Å². The highest BCUT2D eigenvalue weighted by Crippen LogP contribution is 2.23. The lowest BCUT2D eigenvalue weighted by atomic mass is 10.1. The number of hydrogen-bond donors (Lipinski definition) is 2. The molecule has 2 N–H and O–H groups in total. The largest absolute Gasteiger partial charge is 0.361 e. The lowest BCUT2D eigenvalue weighted by Crippen LogP contribution is -2.35. The van der Waals surface area contributed by atoms with Crippen LogP contribution in [0, 0.1) is 12.7 Å². The summed E-state index contributed by atoms with van der Waals surface area (Å²) in [7, 11) is 0. The van der Waals surface area contributed by atoms with Gasteiger partial charge in [0.15, 0.2) is 0 Å². The normalized spacial score (nSPS) is 15.0. The molecule has 0 amide bonds. The van der Waals surface area contributed by atoms with Gasteiger partial charge in [-0.05, 0) is 37.1 Å². The second kappa shape index (κ2) is 5.31. The molecule has 0 saturated carbocycles. The molecular formula is C17H17FN4O. The van der Waals surface area contributed by atoms with E-state index < -0.39 is 0 Å². The van der Waals surface area contributed by atoms with Crippen molar-refractivity contribution in [3.05, 3.63) is 63.2 Å². The smallest absolute Gasteiger partial charge is 0.254 e. The van der Waals surface area contributed by atoms with Crippen LogP contribution < -0.4 is 5.56 Å². The number of hydrogen-bond acceptors (Lipinski definition) is 3. The summed E-state index contributed by atoms with van der Waals surface area (Å²) in [6.07, 6.45) is 2.62. The van der Waals surface area contributed by atoms with E-state index in [4.69, 9.17) is 0 Å². The fraction of sp³-hybridized carbons (Fsp3) is 0.294. The molecule has 6 heteroatoms. The van der Waals surface area contributed by atoms with Gasteiger partial charge in [-0.1, -0.05) is 0 Å². The van der Waals surface area contributed by atoms with Gasteiger partial charge in [0.1, 0.15) is 11.6 Å².